The van der Waals surface area contributed by atoms with E-state index in [1.807, 2.05) is 0 Å². The Kier molecular flexibility index (Phi) is 5.07. The highest BCUT2D eigenvalue weighted by Gasteiger charge is 2.28. The Labute approximate surface area is 125 Å². The number of halogens is 1. The van der Waals surface area contributed by atoms with Gasteiger partial charge in [0.25, 0.3) is 0 Å². The van der Waals surface area contributed by atoms with Crippen LogP contribution in [0.15, 0.2) is 4.47 Å². The van der Waals surface area contributed by atoms with Crippen molar-refractivity contribution in [2.24, 2.45) is 0 Å². The molecule has 1 aromatic heterocycles. The first kappa shape index (κ1) is 15.0. The summed E-state index contributed by atoms with van der Waals surface area (Å²) < 4.78 is 3.39. The zero-order valence-electron chi connectivity index (χ0n) is 12.4. The Hall–Kier alpha value is -0.350. The van der Waals surface area contributed by atoms with Crippen LogP contribution in [0.1, 0.15) is 57.8 Å². The fraction of sp³-hybridized carbons (Fsp3) is 0.800. The molecule has 1 fully saturated rings. The van der Waals surface area contributed by atoms with Crippen molar-refractivity contribution in [1.29, 1.82) is 0 Å². The van der Waals surface area contributed by atoms with Gasteiger partial charge in [-0.15, -0.1) is 0 Å². The van der Waals surface area contributed by atoms with Gasteiger partial charge in [0.05, 0.1) is 15.9 Å². The Morgan fingerprint density at radius 3 is 2.79 bits per heavy atom. The summed E-state index contributed by atoms with van der Waals surface area (Å²) in [6.07, 6.45) is 7.32. The third-order valence-corrected chi connectivity index (χ3v) is 5.12. The highest BCUT2D eigenvalue weighted by Crippen LogP contribution is 2.29. The lowest BCUT2D eigenvalue weighted by Crippen LogP contribution is -2.44. The molecule has 1 aliphatic rings. The van der Waals surface area contributed by atoms with E-state index in [0.717, 1.165) is 25.9 Å². The van der Waals surface area contributed by atoms with Crippen molar-refractivity contribution < 1.29 is 0 Å². The summed E-state index contributed by atoms with van der Waals surface area (Å²) in [7, 11) is 0. The monoisotopic (exact) mass is 327 g/mol. The van der Waals surface area contributed by atoms with E-state index in [1.165, 1.54) is 41.5 Å². The summed E-state index contributed by atoms with van der Waals surface area (Å²) in [4.78, 5) is 0. The van der Waals surface area contributed by atoms with Gasteiger partial charge in [-0.25, -0.2) is 0 Å². The molecule has 0 saturated carbocycles. The molecule has 1 aromatic rings. The fourth-order valence-electron chi connectivity index (χ4n) is 3.00. The van der Waals surface area contributed by atoms with Crippen LogP contribution in [0.4, 0.5) is 0 Å². The van der Waals surface area contributed by atoms with Crippen molar-refractivity contribution in [3.63, 3.8) is 0 Å². The predicted octanol–water partition coefficient (Wildman–Crippen LogP) is 3.69. The molecule has 3 nitrogen and oxygen atoms in total. The summed E-state index contributed by atoms with van der Waals surface area (Å²) in [5.74, 6) is 0. The van der Waals surface area contributed by atoms with Gasteiger partial charge in [-0.3, -0.25) is 4.68 Å². The van der Waals surface area contributed by atoms with Crippen LogP contribution in [0.3, 0.4) is 0 Å². The second-order valence-electron chi connectivity index (χ2n) is 5.85. The summed E-state index contributed by atoms with van der Waals surface area (Å²) in [5.41, 5.74) is 2.77. The smallest absolute Gasteiger partial charge is 0.0766 e. The van der Waals surface area contributed by atoms with Crippen LogP contribution in [-0.2, 0) is 19.4 Å². The van der Waals surface area contributed by atoms with Gasteiger partial charge in [0, 0.05) is 18.5 Å². The molecule has 2 heterocycles. The average molecular weight is 328 g/mol. The van der Waals surface area contributed by atoms with Gasteiger partial charge in [-0.1, -0.05) is 19.8 Å². The van der Waals surface area contributed by atoms with Crippen LogP contribution in [-0.4, -0.2) is 21.9 Å². The minimum absolute atomic E-state index is 0.219. The van der Waals surface area contributed by atoms with Gasteiger partial charge >= 0.3 is 0 Å². The molecule has 2 rings (SSSR count). The van der Waals surface area contributed by atoms with Gasteiger partial charge in [0.1, 0.15) is 0 Å². The second kappa shape index (κ2) is 6.40. The Balaban J connectivity index is 2.23. The van der Waals surface area contributed by atoms with Gasteiger partial charge < -0.3 is 5.32 Å². The van der Waals surface area contributed by atoms with E-state index < -0.39 is 0 Å². The maximum Gasteiger partial charge on any atom is 0.0766 e. The molecule has 1 atom stereocenters. The lowest BCUT2D eigenvalue weighted by atomic mass is 9.90. The SMILES string of the molecule is CCc1nn(CC)c(CC2(C)CCCCCN2)c1Br. The highest BCUT2D eigenvalue weighted by atomic mass is 79.9. The zero-order valence-corrected chi connectivity index (χ0v) is 14.0. The number of rotatable bonds is 4. The summed E-state index contributed by atoms with van der Waals surface area (Å²) in [6, 6.07) is 0. The van der Waals surface area contributed by atoms with Crippen LogP contribution in [0.5, 0.6) is 0 Å². The molecule has 0 radical (unpaired) electrons. The number of nitrogens with zero attached hydrogens (tertiary/aromatic N) is 2. The van der Waals surface area contributed by atoms with Crippen molar-refractivity contribution in [1.82, 2.24) is 15.1 Å². The molecule has 108 valence electrons. The second-order valence-corrected chi connectivity index (χ2v) is 6.64. The van der Waals surface area contributed by atoms with Gasteiger partial charge in [0.2, 0.25) is 0 Å². The maximum atomic E-state index is 4.71. The third kappa shape index (κ3) is 3.40. The largest absolute Gasteiger partial charge is 0.311 e. The van der Waals surface area contributed by atoms with Crippen LogP contribution in [0.2, 0.25) is 0 Å². The lowest BCUT2D eigenvalue weighted by Gasteiger charge is -2.29. The van der Waals surface area contributed by atoms with E-state index in [1.54, 1.807) is 0 Å². The molecule has 1 N–H and O–H groups in total. The molecular weight excluding hydrogens is 302 g/mol. The quantitative estimate of drug-likeness (QED) is 0.913. The van der Waals surface area contributed by atoms with E-state index in [-0.39, 0.29) is 5.54 Å². The van der Waals surface area contributed by atoms with Gasteiger partial charge in [-0.05, 0) is 55.6 Å². The van der Waals surface area contributed by atoms with Crippen LogP contribution in [0, 0.1) is 0 Å². The minimum Gasteiger partial charge on any atom is -0.311 e. The molecule has 4 heteroatoms. The van der Waals surface area contributed by atoms with E-state index >= 15 is 0 Å². The van der Waals surface area contributed by atoms with E-state index in [0.29, 0.717) is 0 Å². The first-order chi connectivity index (χ1) is 9.09. The van der Waals surface area contributed by atoms with Crippen LogP contribution >= 0.6 is 15.9 Å². The summed E-state index contributed by atoms with van der Waals surface area (Å²) in [6.45, 7) is 8.80. The number of aryl methyl sites for hydroxylation is 2. The van der Waals surface area contributed by atoms with Crippen molar-refractivity contribution >= 4 is 15.9 Å². The molecule has 0 bridgehead atoms. The Morgan fingerprint density at radius 1 is 1.32 bits per heavy atom. The lowest BCUT2D eigenvalue weighted by molar-refractivity contribution is 0.336. The molecule has 1 unspecified atom stereocenters. The number of hydrogen-bond donors (Lipinski definition) is 1. The Bertz CT molecular complexity index is 417. The van der Waals surface area contributed by atoms with E-state index in [4.69, 9.17) is 5.10 Å². The van der Waals surface area contributed by atoms with Crippen molar-refractivity contribution in [3.05, 3.63) is 15.9 Å². The minimum atomic E-state index is 0.219. The third-order valence-electron chi connectivity index (χ3n) is 4.21. The number of nitrogens with one attached hydrogen (secondary N) is 1. The van der Waals surface area contributed by atoms with Crippen molar-refractivity contribution in [2.75, 3.05) is 6.54 Å². The van der Waals surface area contributed by atoms with Gasteiger partial charge in [-0.2, -0.15) is 5.10 Å². The van der Waals surface area contributed by atoms with E-state index in [2.05, 4.69) is 46.7 Å². The molecule has 0 aromatic carbocycles. The average Bonchev–Trinajstić information content (AvgIpc) is 2.57. The highest BCUT2D eigenvalue weighted by molar-refractivity contribution is 9.10. The standard InChI is InChI=1S/C15H26BrN3/c1-4-12-14(16)13(19(5-2)18-12)11-15(3)9-7-6-8-10-17-15/h17H,4-11H2,1-3H3. The van der Waals surface area contributed by atoms with Crippen molar-refractivity contribution in [2.45, 2.75) is 71.4 Å². The number of aromatic nitrogens is 2. The molecule has 0 spiro atoms. The summed E-state index contributed by atoms with van der Waals surface area (Å²) >= 11 is 3.76. The number of hydrogen-bond acceptors (Lipinski definition) is 2. The Morgan fingerprint density at radius 2 is 2.11 bits per heavy atom. The molecule has 1 saturated heterocycles. The zero-order chi connectivity index (χ0) is 13.9. The molecular formula is C15H26BrN3. The maximum absolute atomic E-state index is 4.71. The first-order valence-electron chi connectivity index (χ1n) is 7.58. The van der Waals surface area contributed by atoms with Crippen molar-refractivity contribution in [3.8, 4) is 0 Å². The van der Waals surface area contributed by atoms with Crippen LogP contribution in [0.25, 0.3) is 0 Å². The fourth-order valence-corrected chi connectivity index (χ4v) is 3.71. The molecule has 19 heavy (non-hydrogen) atoms. The first-order valence-corrected chi connectivity index (χ1v) is 8.38. The van der Waals surface area contributed by atoms with Gasteiger partial charge in [0.15, 0.2) is 0 Å². The molecule has 0 aliphatic carbocycles. The molecule has 1 aliphatic heterocycles. The predicted molar refractivity (Wildman–Crippen MR) is 83.6 cm³/mol. The van der Waals surface area contributed by atoms with Crippen LogP contribution < -0.4 is 5.32 Å². The topological polar surface area (TPSA) is 29.9 Å². The summed E-state index contributed by atoms with van der Waals surface area (Å²) in [5, 5.41) is 8.46. The normalized spacial score (nSPS) is 24.4. The molecule has 0 amide bonds. The van der Waals surface area contributed by atoms with E-state index in [9.17, 15) is 0 Å².